The average Bonchev–Trinajstić information content (AvgIpc) is 3.72. The highest BCUT2D eigenvalue weighted by Gasteiger charge is 2.35. The van der Waals surface area contributed by atoms with Crippen molar-refractivity contribution in [2.24, 2.45) is 23.5 Å². The van der Waals surface area contributed by atoms with Gasteiger partial charge in [0.05, 0.1) is 69.7 Å². The standard InChI is InChI=1S/C42H67N6O13P/c1-29(2)21-35(46-39(52)26-48(40(53)16-18-60-20-19-59-4)17-12-7-5-6-9-13-31-14-10-8-11-15-31)37(50)23-32(22-33-25-44-28-45-33)42(55)47-36(27-49)38(51)24-34(41(43)54)30(3)61-62(56,57)58/h8,10-11,14-15,25,28-30,32,34-36,49H,5-7,9,12-13,16-24,26-27H2,1-4H3,(H2,43,54)(H,44,45)(H,46,52)(H,47,55)(H2,56,57,58)/t30-,32-,34+,35+,36+/m1/s1. The number of imidazole rings is 1. The largest absolute Gasteiger partial charge is 0.469 e. The molecule has 0 saturated heterocycles. The predicted molar refractivity (Wildman–Crippen MR) is 228 cm³/mol. The zero-order valence-electron chi connectivity index (χ0n) is 36.4. The van der Waals surface area contributed by atoms with Crippen LogP contribution in [0.4, 0.5) is 0 Å². The molecule has 0 aliphatic rings. The molecule has 20 heteroatoms. The SMILES string of the molecule is COCCOCCC(=O)N(CCCCCCCc1ccccc1)CC(=O)N[C@@H](CC(C)C)C(=O)C[C@@H](Cc1cnc[nH]1)C(=O)N[C@@H](CO)C(=O)C[C@H](C(N)=O)[C@@H](C)OP(=O)(O)O. The summed E-state index contributed by atoms with van der Waals surface area (Å²) in [4.78, 5) is 107. The number of aryl methyl sites for hydroxylation is 1. The van der Waals surface area contributed by atoms with E-state index in [2.05, 4.69) is 37.3 Å². The lowest BCUT2D eigenvalue weighted by atomic mass is 9.89. The molecule has 8 N–H and O–H groups in total. The number of H-pyrrole nitrogens is 1. The number of aliphatic hydroxyl groups excluding tert-OH is 1. The normalized spacial score (nSPS) is 14.1. The van der Waals surface area contributed by atoms with Crippen LogP contribution in [0.2, 0.25) is 0 Å². The first-order chi connectivity index (χ1) is 29.4. The monoisotopic (exact) mass is 894 g/mol. The third-order valence-corrected chi connectivity index (χ3v) is 10.7. The van der Waals surface area contributed by atoms with Gasteiger partial charge in [-0.2, -0.15) is 0 Å². The molecule has 0 unspecified atom stereocenters. The summed E-state index contributed by atoms with van der Waals surface area (Å²) in [6, 6.07) is 7.63. The molecule has 2 rings (SSSR count). The maximum atomic E-state index is 14.0. The molecule has 62 heavy (non-hydrogen) atoms. The van der Waals surface area contributed by atoms with Gasteiger partial charge in [-0.25, -0.2) is 9.55 Å². The number of Topliss-reactive ketones (excluding diaryl/α,β-unsaturated/α-hetero) is 2. The highest BCUT2D eigenvalue weighted by Crippen LogP contribution is 2.39. The predicted octanol–water partition coefficient (Wildman–Crippen LogP) is 2.17. The summed E-state index contributed by atoms with van der Waals surface area (Å²) in [5.41, 5.74) is 7.14. The van der Waals surface area contributed by atoms with Crippen LogP contribution in [0.3, 0.4) is 0 Å². The Morgan fingerprint density at radius 3 is 2.19 bits per heavy atom. The molecule has 5 atom stereocenters. The number of primary amides is 1. The fourth-order valence-electron chi connectivity index (χ4n) is 6.79. The molecule has 0 aliphatic carbocycles. The molecular weight excluding hydrogens is 827 g/mol. The van der Waals surface area contributed by atoms with Gasteiger partial charge in [-0.1, -0.05) is 63.4 Å². The van der Waals surface area contributed by atoms with Crippen LogP contribution in [-0.2, 0) is 60.2 Å². The summed E-state index contributed by atoms with van der Waals surface area (Å²) >= 11 is 0. The number of nitrogens with one attached hydrogen (secondary N) is 3. The maximum Gasteiger partial charge on any atom is 0.469 e. The number of carbonyl (C=O) groups excluding carboxylic acids is 6. The molecule has 1 aromatic heterocycles. The molecule has 0 saturated carbocycles. The van der Waals surface area contributed by atoms with E-state index >= 15 is 0 Å². The quantitative estimate of drug-likeness (QED) is 0.0392. The van der Waals surface area contributed by atoms with Crippen LogP contribution in [0.15, 0.2) is 42.9 Å². The Labute approximate surface area is 363 Å². The molecule has 4 amide bonds. The van der Waals surface area contributed by atoms with Crippen LogP contribution in [-0.4, -0.2) is 130 Å². The number of hydrogen-bond acceptors (Lipinski definition) is 12. The minimum Gasteiger partial charge on any atom is -0.394 e. The molecule has 1 aromatic carbocycles. The van der Waals surface area contributed by atoms with Gasteiger partial charge in [0.2, 0.25) is 23.6 Å². The third-order valence-electron chi connectivity index (χ3n) is 10.1. The summed E-state index contributed by atoms with van der Waals surface area (Å²) in [7, 11) is -3.51. The molecular formula is C42H67N6O13P. The van der Waals surface area contributed by atoms with Crippen molar-refractivity contribution in [2.45, 2.75) is 110 Å². The Balaban J connectivity index is 2.16. The number of benzene rings is 1. The van der Waals surface area contributed by atoms with Crippen molar-refractivity contribution in [1.82, 2.24) is 25.5 Å². The van der Waals surface area contributed by atoms with Crippen molar-refractivity contribution >= 4 is 43.0 Å². The van der Waals surface area contributed by atoms with Gasteiger partial charge < -0.3 is 50.6 Å². The number of carbonyl (C=O) groups is 6. The molecule has 348 valence electrons. The Morgan fingerprint density at radius 2 is 1.58 bits per heavy atom. The number of aliphatic hydroxyl groups is 1. The van der Waals surface area contributed by atoms with Crippen LogP contribution >= 0.6 is 7.82 Å². The van der Waals surface area contributed by atoms with Crippen molar-refractivity contribution in [3.63, 3.8) is 0 Å². The Bertz CT molecular complexity index is 1710. The molecule has 0 radical (unpaired) electrons. The lowest BCUT2D eigenvalue weighted by Gasteiger charge is -2.26. The van der Waals surface area contributed by atoms with Crippen LogP contribution in [0.1, 0.15) is 89.8 Å². The second-order valence-electron chi connectivity index (χ2n) is 15.8. The van der Waals surface area contributed by atoms with E-state index in [1.807, 2.05) is 32.0 Å². The summed E-state index contributed by atoms with van der Waals surface area (Å²) < 4.78 is 26.4. The number of rotatable bonds is 34. The molecule has 0 bridgehead atoms. The third kappa shape index (κ3) is 22.1. The minimum atomic E-state index is -5.06. The first kappa shape index (κ1) is 53.8. The summed E-state index contributed by atoms with van der Waals surface area (Å²) in [5, 5.41) is 15.3. The number of ketones is 2. The van der Waals surface area contributed by atoms with Gasteiger partial charge in [-0.05, 0) is 44.1 Å². The van der Waals surface area contributed by atoms with E-state index in [0.717, 1.165) is 39.0 Å². The molecule has 0 aliphatic heterocycles. The van der Waals surface area contributed by atoms with Crippen LogP contribution in [0.25, 0.3) is 0 Å². The van der Waals surface area contributed by atoms with Gasteiger partial charge >= 0.3 is 7.82 Å². The van der Waals surface area contributed by atoms with Gasteiger partial charge in [-0.3, -0.25) is 33.3 Å². The van der Waals surface area contributed by atoms with Gasteiger partial charge in [0.15, 0.2) is 11.6 Å². The van der Waals surface area contributed by atoms with Crippen molar-refractivity contribution in [1.29, 1.82) is 0 Å². The first-order valence-electron chi connectivity index (χ1n) is 21.1. The molecule has 19 nitrogen and oxygen atoms in total. The maximum absolute atomic E-state index is 14.0. The van der Waals surface area contributed by atoms with Gasteiger partial charge in [-0.15, -0.1) is 0 Å². The van der Waals surface area contributed by atoms with E-state index in [-0.39, 0.29) is 44.2 Å². The van der Waals surface area contributed by atoms with Gasteiger partial charge in [0, 0.05) is 44.8 Å². The van der Waals surface area contributed by atoms with E-state index in [1.54, 1.807) is 7.11 Å². The molecule has 2 aromatic rings. The topological polar surface area (TPSA) is 290 Å². The molecule has 1 heterocycles. The lowest BCUT2D eigenvalue weighted by molar-refractivity contribution is -0.138. The van der Waals surface area contributed by atoms with Crippen LogP contribution in [0.5, 0.6) is 0 Å². The van der Waals surface area contributed by atoms with Crippen molar-refractivity contribution in [2.75, 3.05) is 46.6 Å². The van der Waals surface area contributed by atoms with Crippen molar-refractivity contribution < 1.29 is 62.2 Å². The number of ether oxygens (including phenoxy) is 2. The number of methoxy groups -OCH3 is 1. The number of nitrogens with zero attached hydrogens (tertiary/aromatic N) is 2. The fraction of sp³-hybridized carbons (Fsp3) is 0.643. The van der Waals surface area contributed by atoms with Gasteiger partial charge in [0.25, 0.3) is 0 Å². The van der Waals surface area contributed by atoms with E-state index < -0.39 is 86.6 Å². The fourth-order valence-corrected chi connectivity index (χ4v) is 7.37. The number of phosphoric ester groups is 1. The number of phosphoric acid groups is 1. The number of nitrogens with two attached hydrogens (primary N) is 1. The first-order valence-corrected chi connectivity index (χ1v) is 22.6. The van der Waals surface area contributed by atoms with E-state index in [0.29, 0.717) is 31.9 Å². The average molecular weight is 895 g/mol. The number of amides is 4. The van der Waals surface area contributed by atoms with Crippen molar-refractivity contribution in [3.05, 3.63) is 54.1 Å². The Morgan fingerprint density at radius 1 is 0.903 bits per heavy atom. The highest BCUT2D eigenvalue weighted by molar-refractivity contribution is 7.46. The summed E-state index contributed by atoms with van der Waals surface area (Å²) in [6.45, 7) is 4.82. The minimum absolute atomic E-state index is 0.0491. The van der Waals surface area contributed by atoms with Gasteiger partial charge in [0.1, 0.15) is 6.04 Å². The summed E-state index contributed by atoms with van der Waals surface area (Å²) in [6.07, 6.45) is 5.97. The Kier molecular flexibility index (Phi) is 25.2. The highest BCUT2D eigenvalue weighted by atomic mass is 31.2. The lowest BCUT2D eigenvalue weighted by Crippen LogP contribution is -2.50. The van der Waals surface area contributed by atoms with E-state index in [1.165, 1.54) is 23.0 Å². The van der Waals surface area contributed by atoms with Crippen LogP contribution in [0, 0.1) is 17.8 Å². The zero-order chi connectivity index (χ0) is 46.1. The summed E-state index contributed by atoms with van der Waals surface area (Å²) in [5.74, 6) is -6.84. The van der Waals surface area contributed by atoms with E-state index in [4.69, 9.17) is 15.2 Å². The Hall–Kier alpha value is -4.36. The zero-order valence-corrected chi connectivity index (χ0v) is 37.3. The number of hydrogen-bond donors (Lipinski definition) is 7. The second-order valence-corrected chi connectivity index (χ2v) is 17.0. The number of aromatic amines is 1. The second kappa shape index (κ2) is 29.1. The molecule has 0 spiro atoms. The molecule has 0 fully saturated rings. The number of aromatic nitrogens is 2. The van der Waals surface area contributed by atoms with Crippen LogP contribution < -0.4 is 16.4 Å². The number of unbranched alkanes of at least 4 members (excludes halogenated alkanes) is 4. The smallest absolute Gasteiger partial charge is 0.394 e. The van der Waals surface area contributed by atoms with E-state index in [9.17, 15) is 48.2 Å². The van der Waals surface area contributed by atoms with Crippen molar-refractivity contribution in [3.8, 4) is 0 Å².